The Morgan fingerprint density at radius 2 is 1.89 bits per heavy atom. The van der Waals surface area contributed by atoms with Crippen molar-refractivity contribution in [2.45, 2.75) is 18.9 Å². The molecule has 0 unspecified atom stereocenters. The van der Waals surface area contributed by atoms with Crippen LogP contribution < -0.4 is 10.6 Å². The number of amides is 2. The molecule has 0 saturated heterocycles. The van der Waals surface area contributed by atoms with Gasteiger partial charge in [0.05, 0.1) is 25.2 Å². The summed E-state index contributed by atoms with van der Waals surface area (Å²) in [5, 5.41) is 33.8. The van der Waals surface area contributed by atoms with Gasteiger partial charge in [0.15, 0.2) is 0 Å². The van der Waals surface area contributed by atoms with E-state index in [1.165, 1.54) is 43.5 Å². The average Bonchev–Trinajstić information content (AvgIpc) is 2.64. The topological polar surface area (TPSA) is 132 Å². The first kappa shape index (κ1) is 20.6. The van der Waals surface area contributed by atoms with Gasteiger partial charge < -0.3 is 26.0 Å². The standard InChI is InChI=1S/C18H20ClN3O5/c1-18(9-23,10-24)22-17(27)14-8-13(4-5-20-14)21-16(26)7-11-6-12(19)2-3-15(11)25/h2-6,8,23-25H,7,9-10H2,1H3,(H,22,27)(H,20,21,26). The quantitative estimate of drug-likeness (QED) is 0.478. The van der Waals surface area contributed by atoms with Crippen LogP contribution in [0, 0.1) is 0 Å². The molecule has 0 bridgehead atoms. The number of hydrogen-bond acceptors (Lipinski definition) is 6. The molecule has 0 radical (unpaired) electrons. The number of aromatic nitrogens is 1. The number of pyridine rings is 1. The van der Waals surface area contributed by atoms with Crippen molar-refractivity contribution in [2.75, 3.05) is 18.5 Å². The summed E-state index contributed by atoms with van der Waals surface area (Å²) >= 11 is 5.86. The summed E-state index contributed by atoms with van der Waals surface area (Å²) in [6, 6.07) is 7.27. The van der Waals surface area contributed by atoms with Gasteiger partial charge in [0.25, 0.3) is 5.91 Å². The number of carbonyl (C=O) groups excluding carboxylic acids is 2. The van der Waals surface area contributed by atoms with E-state index < -0.39 is 30.6 Å². The van der Waals surface area contributed by atoms with Gasteiger partial charge in [0.1, 0.15) is 11.4 Å². The Kier molecular flexibility index (Phi) is 6.73. The van der Waals surface area contributed by atoms with Crippen LogP contribution in [0.25, 0.3) is 0 Å². The minimum Gasteiger partial charge on any atom is -0.508 e. The smallest absolute Gasteiger partial charge is 0.270 e. The zero-order chi connectivity index (χ0) is 20.0. The normalized spacial score (nSPS) is 11.1. The van der Waals surface area contributed by atoms with Crippen LogP contribution in [0.2, 0.25) is 5.02 Å². The van der Waals surface area contributed by atoms with Gasteiger partial charge in [-0.25, -0.2) is 0 Å². The molecule has 0 aliphatic carbocycles. The van der Waals surface area contributed by atoms with Crippen molar-refractivity contribution in [1.29, 1.82) is 0 Å². The molecule has 1 aromatic heterocycles. The van der Waals surface area contributed by atoms with Crippen molar-refractivity contribution in [2.24, 2.45) is 0 Å². The molecule has 2 aromatic rings. The first-order chi connectivity index (χ1) is 12.8. The first-order valence-corrected chi connectivity index (χ1v) is 8.41. The fourth-order valence-electron chi connectivity index (χ4n) is 2.17. The van der Waals surface area contributed by atoms with Crippen LogP contribution in [-0.4, -0.2) is 50.9 Å². The van der Waals surface area contributed by atoms with Crippen molar-refractivity contribution >= 4 is 29.1 Å². The molecule has 0 aliphatic heterocycles. The van der Waals surface area contributed by atoms with Gasteiger partial charge >= 0.3 is 0 Å². The van der Waals surface area contributed by atoms with Crippen molar-refractivity contribution in [3.8, 4) is 5.75 Å². The maximum Gasteiger partial charge on any atom is 0.270 e. The zero-order valence-corrected chi connectivity index (χ0v) is 15.3. The summed E-state index contributed by atoms with van der Waals surface area (Å²) in [5.74, 6) is -1.07. The summed E-state index contributed by atoms with van der Waals surface area (Å²) in [6.45, 7) is 0.581. The van der Waals surface area contributed by atoms with Gasteiger partial charge in [-0.05, 0) is 37.3 Å². The van der Waals surface area contributed by atoms with Crippen LogP contribution >= 0.6 is 11.6 Å². The average molecular weight is 394 g/mol. The number of nitrogens with zero attached hydrogens (tertiary/aromatic N) is 1. The van der Waals surface area contributed by atoms with E-state index in [0.29, 0.717) is 16.3 Å². The molecule has 2 rings (SSSR count). The van der Waals surface area contributed by atoms with Crippen LogP contribution in [0.4, 0.5) is 5.69 Å². The van der Waals surface area contributed by atoms with E-state index in [1.807, 2.05) is 0 Å². The van der Waals surface area contributed by atoms with Crippen LogP contribution in [0.15, 0.2) is 36.5 Å². The van der Waals surface area contributed by atoms with Crippen LogP contribution in [0.5, 0.6) is 5.75 Å². The minimum atomic E-state index is -1.19. The highest BCUT2D eigenvalue weighted by atomic mass is 35.5. The zero-order valence-electron chi connectivity index (χ0n) is 14.6. The van der Waals surface area contributed by atoms with Crippen molar-refractivity contribution < 1.29 is 24.9 Å². The summed E-state index contributed by atoms with van der Waals surface area (Å²) in [7, 11) is 0. The summed E-state index contributed by atoms with van der Waals surface area (Å²) in [6.07, 6.45) is 1.24. The monoisotopic (exact) mass is 393 g/mol. The number of anilines is 1. The second kappa shape index (κ2) is 8.81. The molecule has 144 valence electrons. The number of halogens is 1. The number of aromatic hydroxyl groups is 1. The highest BCUT2D eigenvalue weighted by Gasteiger charge is 2.25. The predicted molar refractivity (Wildman–Crippen MR) is 99.7 cm³/mol. The molecule has 0 fully saturated rings. The van der Waals surface area contributed by atoms with Crippen molar-refractivity contribution in [3.63, 3.8) is 0 Å². The molecule has 0 saturated carbocycles. The van der Waals surface area contributed by atoms with Gasteiger partial charge in [-0.1, -0.05) is 11.6 Å². The number of aliphatic hydroxyl groups excluding tert-OH is 2. The van der Waals surface area contributed by atoms with Gasteiger partial charge in [0.2, 0.25) is 5.91 Å². The lowest BCUT2D eigenvalue weighted by Gasteiger charge is -2.25. The molecule has 8 nitrogen and oxygen atoms in total. The molecule has 1 heterocycles. The number of phenols is 1. The van der Waals surface area contributed by atoms with Gasteiger partial charge in [-0.3, -0.25) is 14.6 Å². The second-order valence-electron chi connectivity index (χ2n) is 6.26. The highest BCUT2D eigenvalue weighted by Crippen LogP contribution is 2.22. The molecular weight excluding hydrogens is 374 g/mol. The van der Waals surface area contributed by atoms with E-state index in [9.17, 15) is 24.9 Å². The van der Waals surface area contributed by atoms with E-state index in [1.54, 1.807) is 0 Å². The van der Waals surface area contributed by atoms with E-state index in [-0.39, 0.29) is 17.9 Å². The van der Waals surface area contributed by atoms with Crippen LogP contribution in [0.3, 0.4) is 0 Å². The van der Waals surface area contributed by atoms with E-state index in [0.717, 1.165) is 0 Å². The Balaban J connectivity index is 2.07. The largest absolute Gasteiger partial charge is 0.508 e. The minimum absolute atomic E-state index is 0.00604. The highest BCUT2D eigenvalue weighted by molar-refractivity contribution is 6.30. The Morgan fingerprint density at radius 3 is 2.56 bits per heavy atom. The fraction of sp³-hybridized carbons (Fsp3) is 0.278. The van der Waals surface area contributed by atoms with Gasteiger partial charge in [0, 0.05) is 22.5 Å². The molecule has 9 heteroatoms. The Bertz CT molecular complexity index is 839. The van der Waals surface area contributed by atoms with Gasteiger partial charge in [-0.2, -0.15) is 0 Å². The number of hydrogen-bond donors (Lipinski definition) is 5. The van der Waals surface area contributed by atoms with Crippen LogP contribution in [-0.2, 0) is 11.2 Å². The predicted octanol–water partition coefficient (Wildman–Crippen LogP) is 1.09. The number of benzene rings is 1. The van der Waals surface area contributed by atoms with E-state index in [4.69, 9.17) is 11.6 Å². The maximum atomic E-state index is 12.2. The lowest BCUT2D eigenvalue weighted by molar-refractivity contribution is -0.115. The fourth-order valence-corrected chi connectivity index (χ4v) is 2.37. The third-order valence-electron chi connectivity index (χ3n) is 3.78. The van der Waals surface area contributed by atoms with Crippen molar-refractivity contribution in [3.05, 3.63) is 52.8 Å². The van der Waals surface area contributed by atoms with Gasteiger partial charge in [-0.15, -0.1) is 0 Å². The molecule has 0 aliphatic rings. The molecular formula is C18H20ClN3O5. The molecule has 0 spiro atoms. The van der Waals surface area contributed by atoms with E-state index in [2.05, 4.69) is 15.6 Å². The van der Waals surface area contributed by atoms with E-state index >= 15 is 0 Å². The number of nitrogens with one attached hydrogen (secondary N) is 2. The number of carbonyl (C=O) groups is 2. The maximum absolute atomic E-state index is 12.2. The Morgan fingerprint density at radius 1 is 1.19 bits per heavy atom. The lowest BCUT2D eigenvalue weighted by atomic mass is 10.1. The third-order valence-corrected chi connectivity index (χ3v) is 4.02. The number of aliphatic hydroxyl groups is 2. The number of phenolic OH excluding ortho intramolecular Hbond substituents is 1. The summed E-state index contributed by atoms with van der Waals surface area (Å²) in [4.78, 5) is 28.4. The third kappa shape index (κ3) is 5.65. The SMILES string of the molecule is CC(CO)(CO)NC(=O)c1cc(NC(=O)Cc2cc(Cl)ccc2O)ccn1. The molecule has 0 atom stereocenters. The summed E-state index contributed by atoms with van der Waals surface area (Å²) in [5.41, 5.74) is -0.487. The van der Waals surface area contributed by atoms with Crippen LogP contribution in [0.1, 0.15) is 23.0 Å². The first-order valence-electron chi connectivity index (χ1n) is 8.04. The second-order valence-corrected chi connectivity index (χ2v) is 6.70. The molecule has 5 N–H and O–H groups in total. The number of rotatable bonds is 7. The van der Waals surface area contributed by atoms with Crippen molar-refractivity contribution in [1.82, 2.24) is 10.3 Å². The summed E-state index contributed by atoms with van der Waals surface area (Å²) < 4.78 is 0. The Hall–Kier alpha value is -2.68. The molecule has 27 heavy (non-hydrogen) atoms. The lowest BCUT2D eigenvalue weighted by Crippen LogP contribution is -2.51. The Labute approximate surface area is 160 Å². The molecule has 2 amide bonds. The molecule has 1 aromatic carbocycles.